The first-order valence-corrected chi connectivity index (χ1v) is 3.18. The lowest BCUT2D eigenvalue weighted by Crippen LogP contribution is -2.09. The molecule has 12 heavy (non-hydrogen) atoms. The number of anilines is 2. The van der Waals surface area contributed by atoms with Gasteiger partial charge in [-0.2, -0.15) is 4.98 Å². The molecule has 0 spiro atoms. The third kappa shape index (κ3) is 1.82. The number of rotatable bonds is 1. The Bertz CT molecular complexity index is 312. The fraction of sp³-hybridized carbons (Fsp3) is 0.167. The zero-order valence-corrected chi connectivity index (χ0v) is 6.40. The van der Waals surface area contributed by atoms with Crippen LogP contribution in [-0.4, -0.2) is 21.0 Å². The van der Waals surface area contributed by atoms with E-state index in [9.17, 15) is 4.79 Å². The number of nitrogens with zero attached hydrogens (tertiary/aromatic N) is 2. The largest absolute Gasteiger partial charge is 0.492 e. The first kappa shape index (κ1) is 8.25. The Morgan fingerprint density at radius 2 is 2.42 bits per heavy atom. The molecule has 0 unspecified atom stereocenters. The maximum atomic E-state index is 10.5. The van der Waals surface area contributed by atoms with Crippen LogP contribution in [0.1, 0.15) is 6.92 Å². The van der Waals surface area contributed by atoms with Crippen molar-refractivity contribution in [3.05, 3.63) is 6.20 Å². The summed E-state index contributed by atoms with van der Waals surface area (Å²) < 4.78 is 0. The first-order valence-electron chi connectivity index (χ1n) is 3.18. The summed E-state index contributed by atoms with van der Waals surface area (Å²) >= 11 is 0. The molecule has 1 amide bonds. The Morgan fingerprint density at radius 1 is 1.75 bits per heavy atom. The number of carbonyl (C=O) groups is 1. The number of carbonyl (C=O) groups excluding carboxylic acids is 1. The minimum Gasteiger partial charge on any atom is -0.492 e. The number of nitrogens with two attached hydrogens (primary N) is 1. The number of aromatic hydroxyl groups is 1. The van der Waals surface area contributed by atoms with E-state index in [-0.39, 0.29) is 23.4 Å². The Kier molecular flexibility index (Phi) is 2.09. The molecule has 0 radical (unpaired) electrons. The van der Waals surface area contributed by atoms with Crippen LogP contribution in [0, 0.1) is 0 Å². The number of nitrogen functional groups attached to an aromatic ring is 1. The summed E-state index contributed by atoms with van der Waals surface area (Å²) in [7, 11) is 0. The van der Waals surface area contributed by atoms with Gasteiger partial charge in [0.2, 0.25) is 17.7 Å². The van der Waals surface area contributed by atoms with E-state index in [0.29, 0.717) is 0 Å². The van der Waals surface area contributed by atoms with Crippen molar-refractivity contribution in [3.63, 3.8) is 0 Å². The van der Waals surface area contributed by atoms with Gasteiger partial charge in [-0.05, 0) is 0 Å². The van der Waals surface area contributed by atoms with E-state index >= 15 is 0 Å². The van der Waals surface area contributed by atoms with Crippen molar-refractivity contribution in [1.82, 2.24) is 9.97 Å². The summed E-state index contributed by atoms with van der Waals surface area (Å²) in [6.07, 6.45) is 1.22. The molecule has 6 nitrogen and oxygen atoms in total. The highest BCUT2D eigenvalue weighted by atomic mass is 16.3. The number of aromatic nitrogens is 2. The third-order valence-corrected chi connectivity index (χ3v) is 1.08. The highest BCUT2D eigenvalue weighted by Crippen LogP contribution is 2.15. The topological polar surface area (TPSA) is 101 Å². The van der Waals surface area contributed by atoms with E-state index in [4.69, 9.17) is 10.8 Å². The minimum atomic E-state index is -0.339. The molecular formula is C6H8N4O2. The van der Waals surface area contributed by atoms with Crippen LogP contribution in [0.5, 0.6) is 5.88 Å². The second-order valence-electron chi connectivity index (χ2n) is 2.15. The second kappa shape index (κ2) is 3.04. The number of nitrogens with one attached hydrogen (secondary N) is 1. The average molecular weight is 168 g/mol. The molecule has 4 N–H and O–H groups in total. The molecule has 0 atom stereocenters. The van der Waals surface area contributed by atoms with Crippen molar-refractivity contribution in [1.29, 1.82) is 0 Å². The molecule has 6 heteroatoms. The Balaban J connectivity index is 2.89. The number of hydrogen-bond donors (Lipinski definition) is 3. The first-order chi connectivity index (χ1) is 5.59. The molecule has 0 aliphatic rings. The molecule has 1 rings (SSSR count). The van der Waals surface area contributed by atoms with Gasteiger partial charge in [-0.3, -0.25) is 10.1 Å². The van der Waals surface area contributed by atoms with Gasteiger partial charge in [0.05, 0.1) is 6.20 Å². The fourth-order valence-electron chi connectivity index (χ4n) is 0.600. The minimum absolute atomic E-state index is 0.0363. The predicted octanol–water partition coefficient (Wildman–Crippen LogP) is -0.277. The molecule has 1 aromatic rings. The maximum absolute atomic E-state index is 10.5. The molecule has 0 bridgehead atoms. The SMILES string of the molecule is CC(=O)Nc1ncc(N)c(O)n1. The average Bonchev–Trinajstić information content (AvgIpc) is 1.96. The number of amides is 1. The van der Waals surface area contributed by atoms with Crippen molar-refractivity contribution >= 4 is 17.5 Å². The lowest BCUT2D eigenvalue weighted by molar-refractivity contribution is -0.114. The molecule has 1 heterocycles. The molecule has 0 saturated carbocycles. The van der Waals surface area contributed by atoms with Gasteiger partial charge in [-0.15, -0.1) is 0 Å². The van der Waals surface area contributed by atoms with E-state index in [1.807, 2.05) is 0 Å². The zero-order chi connectivity index (χ0) is 9.14. The molecule has 0 aliphatic heterocycles. The van der Waals surface area contributed by atoms with Crippen LogP contribution >= 0.6 is 0 Å². The van der Waals surface area contributed by atoms with Crippen LogP contribution in [0.3, 0.4) is 0 Å². The molecule has 0 aliphatic carbocycles. The lowest BCUT2D eigenvalue weighted by atomic mass is 10.5. The summed E-state index contributed by atoms with van der Waals surface area (Å²) in [6.45, 7) is 1.32. The molecule has 0 aromatic carbocycles. The van der Waals surface area contributed by atoms with Gasteiger partial charge in [-0.1, -0.05) is 0 Å². The number of hydrogen-bond acceptors (Lipinski definition) is 5. The van der Waals surface area contributed by atoms with Gasteiger partial charge in [0, 0.05) is 6.92 Å². The van der Waals surface area contributed by atoms with Crippen molar-refractivity contribution < 1.29 is 9.90 Å². The maximum Gasteiger partial charge on any atom is 0.239 e. The van der Waals surface area contributed by atoms with E-state index in [1.165, 1.54) is 13.1 Å². The summed E-state index contributed by atoms with van der Waals surface area (Å²) in [5.41, 5.74) is 5.31. The second-order valence-corrected chi connectivity index (χ2v) is 2.15. The summed E-state index contributed by atoms with van der Waals surface area (Å²) in [6, 6.07) is 0. The summed E-state index contributed by atoms with van der Waals surface area (Å²) in [4.78, 5) is 17.7. The van der Waals surface area contributed by atoms with Crippen molar-refractivity contribution in [2.45, 2.75) is 6.92 Å². The smallest absolute Gasteiger partial charge is 0.239 e. The summed E-state index contributed by atoms with van der Waals surface area (Å²) in [5.74, 6) is -0.609. The van der Waals surface area contributed by atoms with Crippen LogP contribution in [0.25, 0.3) is 0 Å². The van der Waals surface area contributed by atoms with Gasteiger partial charge in [-0.25, -0.2) is 4.98 Å². The van der Waals surface area contributed by atoms with Crippen LogP contribution in [0.2, 0.25) is 0 Å². The monoisotopic (exact) mass is 168 g/mol. The Labute approximate surface area is 68.4 Å². The summed E-state index contributed by atoms with van der Waals surface area (Å²) in [5, 5.41) is 11.3. The van der Waals surface area contributed by atoms with Gasteiger partial charge in [0.15, 0.2) is 0 Å². The molecular weight excluding hydrogens is 160 g/mol. The van der Waals surface area contributed by atoms with Crippen molar-refractivity contribution in [3.8, 4) is 5.88 Å². The van der Waals surface area contributed by atoms with Gasteiger partial charge in [0.1, 0.15) is 5.69 Å². The lowest BCUT2D eigenvalue weighted by Gasteiger charge is -2.00. The van der Waals surface area contributed by atoms with E-state index < -0.39 is 0 Å². The van der Waals surface area contributed by atoms with E-state index in [2.05, 4.69) is 15.3 Å². The molecule has 0 fully saturated rings. The van der Waals surface area contributed by atoms with Crippen LogP contribution < -0.4 is 11.1 Å². The van der Waals surface area contributed by atoms with Crippen molar-refractivity contribution in [2.75, 3.05) is 11.1 Å². The highest BCUT2D eigenvalue weighted by Gasteiger charge is 2.02. The normalized spacial score (nSPS) is 9.42. The Hall–Kier alpha value is -1.85. The Morgan fingerprint density at radius 3 is 2.92 bits per heavy atom. The fourth-order valence-corrected chi connectivity index (χ4v) is 0.600. The highest BCUT2D eigenvalue weighted by molar-refractivity contribution is 5.86. The molecule has 1 aromatic heterocycles. The quantitative estimate of drug-likeness (QED) is 0.535. The van der Waals surface area contributed by atoms with E-state index in [1.54, 1.807) is 0 Å². The van der Waals surface area contributed by atoms with Crippen LogP contribution in [0.4, 0.5) is 11.6 Å². The third-order valence-electron chi connectivity index (χ3n) is 1.08. The van der Waals surface area contributed by atoms with Crippen molar-refractivity contribution in [2.24, 2.45) is 0 Å². The van der Waals surface area contributed by atoms with Gasteiger partial charge in [0.25, 0.3) is 0 Å². The van der Waals surface area contributed by atoms with Crippen LogP contribution in [-0.2, 0) is 4.79 Å². The van der Waals surface area contributed by atoms with Gasteiger partial charge >= 0.3 is 0 Å². The van der Waals surface area contributed by atoms with Crippen LogP contribution in [0.15, 0.2) is 6.20 Å². The predicted molar refractivity (Wildman–Crippen MR) is 42.4 cm³/mol. The van der Waals surface area contributed by atoms with Gasteiger partial charge < -0.3 is 10.8 Å². The zero-order valence-electron chi connectivity index (χ0n) is 6.40. The van der Waals surface area contributed by atoms with E-state index in [0.717, 1.165) is 0 Å². The molecule has 0 saturated heterocycles. The standard InChI is InChI=1S/C6H8N4O2/c1-3(11)9-6-8-2-4(7)5(12)10-6/h2H,7H2,1H3,(H2,8,9,10,11,12). The molecule has 64 valence electrons.